The summed E-state index contributed by atoms with van der Waals surface area (Å²) in [7, 11) is 1.73. The maximum atomic E-state index is 12.6. The fraction of sp³-hybridized carbons (Fsp3) is 0.125. The van der Waals surface area contributed by atoms with Gasteiger partial charge in [-0.1, -0.05) is 29.8 Å². The van der Waals surface area contributed by atoms with Crippen LogP contribution in [0, 0.1) is 0 Å². The molecule has 0 unspecified atom stereocenters. The van der Waals surface area contributed by atoms with Crippen molar-refractivity contribution in [3.05, 3.63) is 65.2 Å². The Morgan fingerprint density at radius 3 is 2.86 bits per heavy atom. The van der Waals surface area contributed by atoms with E-state index >= 15 is 0 Å². The van der Waals surface area contributed by atoms with Gasteiger partial charge in [0.05, 0.1) is 23.9 Å². The highest BCUT2D eigenvalue weighted by Crippen LogP contribution is 2.22. The minimum atomic E-state index is -0.119. The molecule has 106 valence electrons. The lowest BCUT2D eigenvalue weighted by Crippen LogP contribution is -2.26. The summed E-state index contributed by atoms with van der Waals surface area (Å²) in [6, 6.07) is 12.7. The first-order valence-electron chi connectivity index (χ1n) is 6.48. The molecule has 0 fully saturated rings. The number of hydrogen-bond donors (Lipinski definition) is 0. The Hall–Kier alpha value is -2.33. The van der Waals surface area contributed by atoms with Crippen LogP contribution in [0.15, 0.2) is 53.1 Å². The van der Waals surface area contributed by atoms with Gasteiger partial charge < -0.3 is 9.32 Å². The summed E-state index contributed by atoms with van der Waals surface area (Å²) < 4.78 is 5.27. The number of carbonyl (C=O) groups excluding carboxylic acids is 1. The molecule has 0 aliphatic carbocycles. The van der Waals surface area contributed by atoms with Crippen LogP contribution in [0.4, 0.5) is 0 Å². The van der Waals surface area contributed by atoms with E-state index in [-0.39, 0.29) is 5.91 Å². The third-order valence-electron chi connectivity index (χ3n) is 3.24. The zero-order chi connectivity index (χ0) is 14.8. The molecule has 1 aromatic carbocycles. The average Bonchev–Trinajstić information content (AvgIpc) is 2.98. The van der Waals surface area contributed by atoms with E-state index in [2.05, 4.69) is 4.98 Å². The summed E-state index contributed by atoms with van der Waals surface area (Å²) in [6.45, 7) is 0.403. The van der Waals surface area contributed by atoms with Crippen molar-refractivity contribution in [1.29, 1.82) is 0 Å². The lowest BCUT2D eigenvalue weighted by molar-refractivity contribution is 0.0777. The first kappa shape index (κ1) is 13.6. The SMILES string of the molecule is CN(Cc1ccco1)C(=O)c1cc(Cl)nc2ccccc12. The molecule has 2 aromatic heterocycles. The molecule has 21 heavy (non-hydrogen) atoms. The van der Waals surface area contributed by atoms with E-state index in [9.17, 15) is 4.79 Å². The Bertz CT molecular complexity index is 784. The summed E-state index contributed by atoms with van der Waals surface area (Å²) in [5.74, 6) is 0.613. The molecule has 4 nitrogen and oxygen atoms in total. The van der Waals surface area contributed by atoms with Gasteiger partial charge in [-0.3, -0.25) is 4.79 Å². The van der Waals surface area contributed by atoms with Crippen molar-refractivity contribution in [1.82, 2.24) is 9.88 Å². The van der Waals surface area contributed by atoms with Crippen LogP contribution in [-0.4, -0.2) is 22.8 Å². The molecule has 0 saturated heterocycles. The number of para-hydroxylation sites is 1. The van der Waals surface area contributed by atoms with E-state index in [0.717, 1.165) is 11.1 Å². The van der Waals surface area contributed by atoms with Gasteiger partial charge in [-0.05, 0) is 24.3 Å². The summed E-state index contributed by atoms with van der Waals surface area (Å²) in [6.07, 6.45) is 1.59. The Morgan fingerprint density at radius 2 is 2.10 bits per heavy atom. The highest BCUT2D eigenvalue weighted by Gasteiger charge is 2.17. The quantitative estimate of drug-likeness (QED) is 0.692. The van der Waals surface area contributed by atoms with Crippen LogP contribution in [0.1, 0.15) is 16.1 Å². The number of amides is 1. The van der Waals surface area contributed by atoms with E-state index in [1.165, 1.54) is 0 Å². The second kappa shape index (κ2) is 5.58. The second-order valence-corrected chi connectivity index (χ2v) is 5.14. The standard InChI is InChI=1S/C16H13ClN2O2/c1-19(10-11-5-4-8-21-11)16(20)13-9-15(17)18-14-7-3-2-6-12(13)14/h2-9H,10H2,1H3. The van der Waals surface area contributed by atoms with Gasteiger partial charge in [0.25, 0.3) is 5.91 Å². The van der Waals surface area contributed by atoms with Crippen molar-refractivity contribution in [3.8, 4) is 0 Å². The van der Waals surface area contributed by atoms with Crippen LogP contribution in [-0.2, 0) is 6.54 Å². The Labute approximate surface area is 127 Å². The first-order chi connectivity index (χ1) is 10.1. The predicted molar refractivity (Wildman–Crippen MR) is 81.3 cm³/mol. The minimum absolute atomic E-state index is 0.119. The van der Waals surface area contributed by atoms with Crippen LogP contribution < -0.4 is 0 Å². The molecule has 0 N–H and O–H groups in total. The number of aromatic nitrogens is 1. The molecule has 1 amide bonds. The molecule has 0 radical (unpaired) electrons. The molecule has 3 rings (SSSR count). The molecule has 0 aliphatic heterocycles. The van der Waals surface area contributed by atoms with Gasteiger partial charge in [-0.15, -0.1) is 0 Å². The van der Waals surface area contributed by atoms with Crippen LogP contribution >= 0.6 is 11.6 Å². The fourth-order valence-corrected chi connectivity index (χ4v) is 2.43. The van der Waals surface area contributed by atoms with Crippen molar-refractivity contribution >= 4 is 28.4 Å². The van der Waals surface area contributed by atoms with Gasteiger partial charge in [0.15, 0.2) is 0 Å². The van der Waals surface area contributed by atoms with Gasteiger partial charge >= 0.3 is 0 Å². The molecular weight excluding hydrogens is 288 g/mol. The predicted octanol–water partition coefficient (Wildman–Crippen LogP) is 3.75. The van der Waals surface area contributed by atoms with E-state index < -0.39 is 0 Å². The average molecular weight is 301 g/mol. The van der Waals surface area contributed by atoms with Crippen molar-refractivity contribution < 1.29 is 9.21 Å². The number of carbonyl (C=O) groups is 1. The normalized spacial score (nSPS) is 10.8. The number of halogens is 1. The maximum Gasteiger partial charge on any atom is 0.254 e. The molecule has 0 spiro atoms. The zero-order valence-corrected chi connectivity index (χ0v) is 12.2. The monoisotopic (exact) mass is 300 g/mol. The fourth-order valence-electron chi connectivity index (χ4n) is 2.23. The molecule has 2 heterocycles. The molecule has 0 bridgehead atoms. The molecular formula is C16H13ClN2O2. The van der Waals surface area contributed by atoms with E-state index in [4.69, 9.17) is 16.0 Å². The molecule has 3 aromatic rings. The Balaban J connectivity index is 1.97. The lowest BCUT2D eigenvalue weighted by Gasteiger charge is -2.17. The summed E-state index contributed by atoms with van der Waals surface area (Å²) in [5, 5.41) is 1.10. The van der Waals surface area contributed by atoms with Crippen LogP contribution in [0.5, 0.6) is 0 Å². The van der Waals surface area contributed by atoms with E-state index in [1.807, 2.05) is 30.3 Å². The summed E-state index contributed by atoms with van der Waals surface area (Å²) in [5.41, 5.74) is 1.25. The highest BCUT2D eigenvalue weighted by molar-refractivity contribution is 6.30. The van der Waals surface area contributed by atoms with Crippen LogP contribution in [0.2, 0.25) is 5.15 Å². The number of furan rings is 1. The summed E-state index contributed by atoms with van der Waals surface area (Å²) in [4.78, 5) is 18.5. The van der Waals surface area contributed by atoms with Gasteiger partial charge in [0, 0.05) is 12.4 Å². The molecule has 0 atom stereocenters. The van der Waals surface area contributed by atoms with Crippen molar-refractivity contribution in [2.24, 2.45) is 0 Å². The Kier molecular flexibility index (Phi) is 3.62. The van der Waals surface area contributed by atoms with Crippen molar-refractivity contribution in [2.75, 3.05) is 7.05 Å². The minimum Gasteiger partial charge on any atom is -0.467 e. The van der Waals surface area contributed by atoms with Crippen molar-refractivity contribution in [2.45, 2.75) is 6.54 Å². The molecule has 0 aliphatic rings. The topological polar surface area (TPSA) is 46.3 Å². The third-order valence-corrected chi connectivity index (χ3v) is 3.43. The second-order valence-electron chi connectivity index (χ2n) is 4.75. The Morgan fingerprint density at radius 1 is 1.29 bits per heavy atom. The number of rotatable bonds is 3. The smallest absolute Gasteiger partial charge is 0.254 e. The van der Waals surface area contributed by atoms with Gasteiger partial charge in [-0.2, -0.15) is 0 Å². The lowest BCUT2D eigenvalue weighted by atomic mass is 10.1. The van der Waals surface area contributed by atoms with Gasteiger partial charge in [0.2, 0.25) is 0 Å². The van der Waals surface area contributed by atoms with E-state index in [1.54, 1.807) is 30.3 Å². The third kappa shape index (κ3) is 2.76. The number of nitrogens with zero attached hydrogens (tertiary/aromatic N) is 2. The largest absolute Gasteiger partial charge is 0.467 e. The number of hydrogen-bond acceptors (Lipinski definition) is 3. The molecule has 5 heteroatoms. The van der Waals surface area contributed by atoms with Crippen LogP contribution in [0.3, 0.4) is 0 Å². The maximum absolute atomic E-state index is 12.6. The number of benzene rings is 1. The summed E-state index contributed by atoms with van der Waals surface area (Å²) >= 11 is 6.01. The zero-order valence-electron chi connectivity index (χ0n) is 11.4. The van der Waals surface area contributed by atoms with Crippen molar-refractivity contribution in [3.63, 3.8) is 0 Å². The number of pyridine rings is 1. The molecule has 0 saturated carbocycles. The van der Waals surface area contributed by atoms with Gasteiger partial charge in [-0.25, -0.2) is 4.98 Å². The highest BCUT2D eigenvalue weighted by atomic mass is 35.5. The van der Waals surface area contributed by atoms with Gasteiger partial charge in [0.1, 0.15) is 10.9 Å². The first-order valence-corrected chi connectivity index (χ1v) is 6.86. The number of fused-ring (bicyclic) bond motifs is 1. The van der Waals surface area contributed by atoms with Crippen LogP contribution in [0.25, 0.3) is 10.9 Å². The van der Waals surface area contributed by atoms with E-state index in [0.29, 0.717) is 22.8 Å².